The summed E-state index contributed by atoms with van der Waals surface area (Å²) in [7, 11) is 0. The van der Waals surface area contributed by atoms with Gasteiger partial charge in [0, 0.05) is 12.2 Å². The fraction of sp³-hybridized carbons (Fsp3) is 0.333. The highest BCUT2D eigenvalue weighted by Gasteiger charge is 2.29. The third-order valence-corrected chi connectivity index (χ3v) is 2.88. The summed E-state index contributed by atoms with van der Waals surface area (Å²) in [5.74, 6) is -1.65. The molecule has 1 fully saturated rings. The number of anilines is 1. The first kappa shape index (κ1) is 12.3. The van der Waals surface area contributed by atoms with Crippen molar-refractivity contribution >= 4 is 17.7 Å². The number of aliphatic carboxylic acids is 1. The fourth-order valence-electron chi connectivity index (χ4n) is 1.98. The maximum absolute atomic E-state index is 12.7. The average Bonchev–Trinajstić information content (AvgIpc) is 2.81. The lowest BCUT2D eigenvalue weighted by Crippen LogP contribution is -2.48. The van der Waals surface area contributed by atoms with Gasteiger partial charge in [-0.25, -0.2) is 9.18 Å². The number of hydrogen-bond donors (Lipinski definition) is 1. The Morgan fingerprint density at radius 1 is 1.33 bits per heavy atom. The summed E-state index contributed by atoms with van der Waals surface area (Å²) < 4.78 is 12.7. The van der Waals surface area contributed by atoms with Crippen LogP contribution in [0.15, 0.2) is 24.3 Å². The quantitative estimate of drug-likeness (QED) is 0.835. The topological polar surface area (TPSA) is 72.5 Å². The van der Waals surface area contributed by atoms with Gasteiger partial charge in [-0.05, 0) is 37.1 Å². The van der Waals surface area contributed by atoms with Crippen molar-refractivity contribution in [2.24, 2.45) is 0 Å². The number of carboxylic acids is 1. The fourth-order valence-corrected chi connectivity index (χ4v) is 1.98. The van der Waals surface area contributed by atoms with Crippen LogP contribution in [-0.2, 0) is 4.79 Å². The minimum atomic E-state index is -1.25. The molecule has 0 saturated carbocycles. The van der Waals surface area contributed by atoms with Crippen LogP contribution < -0.4 is 10.4 Å². The van der Waals surface area contributed by atoms with E-state index in [4.69, 9.17) is 0 Å². The van der Waals surface area contributed by atoms with Crippen molar-refractivity contribution in [1.29, 1.82) is 0 Å². The Bertz CT molecular complexity index is 461. The van der Waals surface area contributed by atoms with Gasteiger partial charge >= 0.3 is 6.03 Å². The molecule has 1 saturated heterocycles. The van der Waals surface area contributed by atoms with Gasteiger partial charge in [0.1, 0.15) is 5.82 Å². The zero-order chi connectivity index (χ0) is 13.1. The Labute approximate surface area is 103 Å². The maximum Gasteiger partial charge on any atom is 0.322 e. The van der Waals surface area contributed by atoms with E-state index in [0.29, 0.717) is 25.1 Å². The first-order chi connectivity index (χ1) is 8.58. The predicted octanol–water partition coefficient (Wildman–Crippen LogP) is 0.572. The van der Waals surface area contributed by atoms with Crippen LogP contribution in [0, 0.1) is 5.82 Å². The van der Waals surface area contributed by atoms with Crippen molar-refractivity contribution in [2.75, 3.05) is 11.9 Å². The predicted molar refractivity (Wildman–Crippen MR) is 60.2 cm³/mol. The lowest BCUT2D eigenvalue weighted by molar-refractivity contribution is -0.310. The number of amides is 2. The van der Waals surface area contributed by atoms with E-state index < -0.39 is 23.9 Å². The summed E-state index contributed by atoms with van der Waals surface area (Å²) >= 11 is 0. The molecule has 0 bridgehead atoms. The largest absolute Gasteiger partial charge is 0.548 e. The van der Waals surface area contributed by atoms with Crippen LogP contribution in [0.5, 0.6) is 0 Å². The molecule has 1 aromatic carbocycles. The highest BCUT2D eigenvalue weighted by atomic mass is 19.1. The second kappa shape index (κ2) is 5.03. The number of likely N-dealkylation sites (tertiary alicyclic amines) is 1. The third kappa shape index (κ3) is 2.58. The molecule has 0 radical (unpaired) electrons. The Hall–Kier alpha value is -2.11. The molecule has 2 rings (SSSR count). The van der Waals surface area contributed by atoms with E-state index in [0.717, 1.165) is 0 Å². The van der Waals surface area contributed by atoms with Crippen molar-refractivity contribution in [3.05, 3.63) is 30.1 Å². The molecule has 6 heteroatoms. The molecule has 96 valence electrons. The number of nitrogens with zero attached hydrogens (tertiary/aromatic N) is 1. The molecule has 0 aromatic heterocycles. The first-order valence-corrected chi connectivity index (χ1v) is 5.62. The van der Waals surface area contributed by atoms with Crippen LogP contribution in [0.1, 0.15) is 12.8 Å². The van der Waals surface area contributed by atoms with Gasteiger partial charge in [0.05, 0.1) is 12.0 Å². The van der Waals surface area contributed by atoms with Gasteiger partial charge in [-0.15, -0.1) is 0 Å². The number of carboxylic acid groups (broad SMARTS) is 1. The van der Waals surface area contributed by atoms with Gasteiger partial charge in [0.2, 0.25) is 0 Å². The molecular formula is C12H12FN2O3-. The van der Waals surface area contributed by atoms with Gasteiger partial charge in [-0.3, -0.25) is 0 Å². The van der Waals surface area contributed by atoms with E-state index in [1.54, 1.807) is 0 Å². The number of hydrogen-bond acceptors (Lipinski definition) is 3. The summed E-state index contributed by atoms with van der Waals surface area (Å²) in [4.78, 5) is 23.9. The molecule has 1 heterocycles. The number of rotatable bonds is 2. The van der Waals surface area contributed by atoms with Gasteiger partial charge in [0.15, 0.2) is 0 Å². The lowest BCUT2D eigenvalue weighted by Gasteiger charge is -2.25. The molecule has 1 aliphatic rings. The number of carbonyl (C=O) groups is 2. The van der Waals surface area contributed by atoms with Crippen LogP contribution in [0.2, 0.25) is 0 Å². The number of nitrogens with one attached hydrogen (secondary N) is 1. The first-order valence-electron chi connectivity index (χ1n) is 5.62. The molecule has 18 heavy (non-hydrogen) atoms. The highest BCUT2D eigenvalue weighted by Crippen LogP contribution is 2.18. The maximum atomic E-state index is 12.7. The van der Waals surface area contributed by atoms with Gasteiger partial charge in [0.25, 0.3) is 0 Å². The van der Waals surface area contributed by atoms with Gasteiger partial charge in [-0.2, -0.15) is 0 Å². The molecule has 1 N–H and O–H groups in total. The zero-order valence-corrected chi connectivity index (χ0v) is 9.56. The highest BCUT2D eigenvalue weighted by molar-refractivity contribution is 5.92. The summed E-state index contributed by atoms with van der Waals surface area (Å²) in [6, 6.07) is 3.87. The van der Waals surface area contributed by atoms with E-state index >= 15 is 0 Å². The minimum absolute atomic E-state index is 0.381. The van der Waals surface area contributed by atoms with E-state index in [2.05, 4.69) is 5.32 Å². The monoisotopic (exact) mass is 251 g/mol. The second-order valence-electron chi connectivity index (χ2n) is 4.11. The minimum Gasteiger partial charge on any atom is -0.548 e. The molecule has 1 aromatic rings. The molecule has 0 aliphatic carbocycles. The Morgan fingerprint density at radius 2 is 2.00 bits per heavy atom. The molecule has 0 unspecified atom stereocenters. The van der Waals surface area contributed by atoms with Crippen LogP contribution in [-0.4, -0.2) is 29.5 Å². The number of halogens is 1. The molecule has 5 nitrogen and oxygen atoms in total. The molecular weight excluding hydrogens is 239 g/mol. The normalized spacial score (nSPS) is 18.7. The van der Waals surface area contributed by atoms with Crippen molar-refractivity contribution in [1.82, 2.24) is 4.90 Å². The van der Waals surface area contributed by atoms with Crippen molar-refractivity contribution < 1.29 is 19.1 Å². The van der Waals surface area contributed by atoms with Crippen molar-refractivity contribution in [2.45, 2.75) is 18.9 Å². The van der Waals surface area contributed by atoms with Crippen molar-refractivity contribution in [3.8, 4) is 0 Å². The summed E-state index contributed by atoms with van der Waals surface area (Å²) in [5, 5.41) is 13.4. The van der Waals surface area contributed by atoms with Crippen LogP contribution in [0.25, 0.3) is 0 Å². The Kier molecular flexibility index (Phi) is 3.45. The summed E-state index contributed by atoms with van der Waals surface area (Å²) in [6.07, 6.45) is 1.04. The Balaban J connectivity index is 2.03. The molecule has 2 amide bonds. The van der Waals surface area contributed by atoms with E-state index in [-0.39, 0.29) is 0 Å². The van der Waals surface area contributed by atoms with Crippen LogP contribution >= 0.6 is 0 Å². The van der Waals surface area contributed by atoms with Crippen LogP contribution in [0.3, 0.4) is 0 Å². The number of benzene rings is 1. The standard InChI is InChI=1S/C12H13FN2O3/c13-8-3-5-9(6-4-8)14-12(18)15-7-1-2-10(15)11(16)17/h3-6,10H,1-2,7H2,(H,14,18)(H,16,17)/p-1/t10-/m0/s1. The Morgan fingerprint density at radius 3 is 2.61 bits per heavy atom. The second-order valence-corrected chi connectivity index (χ2v) is 4.11. The van der Waals surface area contributed by atoms with Crippen molar-refractivity contribution in [3.63, 3.8) is 0 Å². The molecule has 1 atom stereocenters. The van der Waals surface area contributed by atoms with E-state index in [1.165, 1.54) is 29.2 Å². The number of urea groups is 1. The third-order valence-electron chi connectivity index (χ3n) is 2.88. The van der Waals surface area contributed by atoms with E-state index in [9.17, 15) is 19.1 Å². The summed E-state index contributed by atoms with van der Waals surface area (Å²) in [5.41, 5.74) is 0.422. The SMILES string of the molecule is O=C([O-])[C@@H]1CCCN1C(=O)Nc1ccc(F)cc1. The van der Waals surface area contributed by atoms with Gasteiger partial charge in [-0.1, -0.05) is 0 Å². The average molecular weight is 251 g/mol. The smallest absolute Gasteiger partial charge is 0.322 e. The van der Waals surface area contributed by atoms with Gasteiger partial charge < -0.3 is 20.1 Å². The zero-order valence-electron chi connectivity index (χ0n) is 9.56. The molecule has 1 aliphatic heterocycles. The van der Waals surface area contributed by atoms with Crippen LogP contribution in [0.4, 0.5) is 14.9 Å². The lowest BCUT2D eigenvalue weighted by atomic mass is 10.2. The molecule has 0 spiro atoms. The summed E-state index contributed by atoms with van der Waals surface area (Å²) in [6.45, 7) is 0.381. The number of carbonyl (C=O) groups excluding carboxylic acids is 2. The van der Waals surface area contributed by atoms with E-state index in [1.807, 2.05) is 0 Å².